The quantitative estimate of drug-likeness (QED) is 0.646. The summed E-state index contributed by atoms with van der Waals surface area (Å²) in [5, 5.41) is -0.604. The Morgan fingerprint density at radius 1 is 1.10 bits per heavy atom. The van der Waals surface area contributed by atoms with Crippen LogP contribution in [0.4, 0.5) is 0 Å². The molecule has 1 heterocycles. The van der Waals surface area contributed by atoms with Gasteiger partial charge in [0.05, 0.1) is 25.9 Å². The molecule has 1 saturated heterocycles. The Labute approximate surface area is 172 Å². The summed E-state index contributed by atoms with van der Waals surface area (Å²) >= 11 is 0. The maximum atomic E-state index is 13.1. The highest BCUT2D eigenvalue weighted by Crippen LogP contribution is 2.41. The van der Waals surface area contributed by atoms with Crippen LogP contribution < -0.4 is 0 Å². The van der Waals surface area contributed by atoms with Crippen molar-refractivity contribution in [3.63, 3.8) is 0 Å². The van der Waals surface area contributed by atoms with E-state index in [0.717, 1.165) is 11.1 Å². The SMILES string of the molecule is COC(=O)c1ccc(COC[C@@H]2CN(C(C)C)S(=O)(=O)[C@H]2c2ccccc2)cc1. The van der Waals surface area contributed by atoms with Crippen LogP contribution in [-0.2, 0) is 26.1 Å². The van der Waals surface area contributed by atoms with Crippen LogP contribution in [0.3, 0.4) is 0 Å². The van der Waals surface area contributed by atoms with E-state index in [-0.39, 0.29) is 17.9 Å². The molecule has 1 aliphatic rings. The van der Waals surface area contributed by atoms with E-state index >= 15 is 0 Å². The van der Waals surface area contributed by atoms with Gasteiger partial charge in [0.25, 0.3) is 0 Å². The summed E-state index contributed by atoms with van der Waals surface area (Å²) in [6.45, 7) is 4.92. The first-order valence-electron chi connectivity index (χ1n) is 9.65. The van der Waals surface area contributed by atoms with Gasteiger partial charge in [-0.15, -0.1) is 0 Å². The molecular weight excluding hydrogens is 390 g/mol. The van der Waals surface area contributed by atoms with Crippen LogP contribution in [0, 0.1) is 5.92 Å². The number of benzene rings is 2. The molecule has 2 atom stereocenters. The lowest BCUT2D eigenvalue weighted by atomic mass is 9.99. The Bertz CT molecular complexity index is 925. The second kappa shape index (κ2) is 9.07. The van der Waals surface area contributed by atoms with Crippen LogP contribution in [0.2, 0.25) is 0 Å². The van der Waals surface area contributed by atoms with Crippen LogP contribution in [0.25, 0.3) is 0 Å². The van der Waals surface area contributed by atoms with Crippen molar-refractivity contribution in [2.45, 2.75) is 31.7 Å². The zero-order valence-corrected chi connectivity index (χ0v) is 17.8. The van der Waals surface area contributed by atoms with Gasteiger partial charge in [-0.3, -0.25) is 0 Å². The molecule has 2 aromatic carbocycles. The first-order chi connectivity index (χ1) is 13.8. The number of nitrogens with zero attached hydrogens (tertiary/aromatic N) is 1. The Kier molecular flexibility index (Phi) is 6.72. The average Bonchev–Trinajstić information content (AvgIpc) is 2.99. The molecule has 6 nitrogen and oxygen atoms in total. The van der Waals surface area contributed by atoms with E-state index in [1.54, 1.807) is 16.4 Å². The molecule has 29 heavy (non-hydrogen) atoms. The molecule has 1 aliphatic heterocycles. The summed E-state index contributed by atoms with van der Waals surface area (Å²) in [6, 6.07) is 16.3. The van der Waals surface area contributed by atoms with Crippen molar-refractivity contribution in [2.75, 3.05) is 20.3 Å². The summed E-state index contributed by atoms with van der Waals surface area (Å²) < 4.78 is 38.4. The number of methoxy groups -OCH3 is 1. The molecule has 0 aromatic heterocycles. The first kappa shape index (κ1) is 21.5. The Hall–Kier alpha value is -2.22. The minimum absolute atomic E-state index is 0.0953. The molecule has 0 amide bonds. The van der Waals surface area contributed by atoms with E-state index in [4.69, 9.17) is 9.47 Å². The molecule has 7 heteroatoms. The first-order valence-corrected chi connectivity index (χ1v) is 11.2. The van der Waals surface area contributed by atoms with Gasteiger partial charge in [-0.25, -0.2) is 13.2 Å². The topological polar surface area (TPSA) is 72.9 Å². The summed E-state index contributed by atoms with van der Waals surface area (Å²) in [5.74, 6) is -0.535. The van der Waals surface area contributed by atoms with Crippen LogP contribution >= 0.6 is 0 Å². The summed E-state index contributed by atoms with van der Waals surface area (Å²) in [7, 11) is -2.09. The van der Waals surface area contributed by atoms with E-state index in [0.29, 0.717) is 25.3 Å². The van der Waals surface area contributed by atoms with Crippen LogP contribution in [0.1, 0.15) is 40.6 Å². The van der Waals surface area contributed by atoms with Crippen LogP contribution in [0.15, 0.2) is 54.6 Å². The molecular formula is C22H27NO5S. The predicted octanol–water partition coefficient (Wildman–Crippen LogP) is 3.40. The molecule has 0 radical (unpaired) electrons. The highest BCUT2D eigenvalue weighted by atomic mass is 32.2. The Balaban J connectivity index is 1.70. The molecule has 0 saturated carbocycles. The van der Waals surface area contributed by atoms with Crippen molar-refractivity contribution in [1.29, 1.82) is 0 Å². The van der Waals surface area contributed by atoms with Gasteiger partial charge < -0.3 is 9.47 Å². The van der Waals surface area contributed by atoms with Gasteiger partial charge in [0.15, 0.2) is 0 Å². The third-order valence-electron chi connectivity index (χ3n) is 5.17. The molecule has 0 bridgehead atoms. The second-order valence-electron chi connectivity index (χ2n) is 7.50. The summed E-state index contributed by atoms with van der Waals surface area (Å²) in [6.07, 6.45) is 0. The van der Waals surface area contributed by atoms with Crippen molar-refractivity contribution >= 4 is 16.0 Å². The zero-order chi connectivity index (χ0) is 21.0. The minimum Gasteiger partial charge on any atom is -0.465 e. The third kappa shape index (κ3) is 4.69. The number of sulfonamides is 1. The average molecular weight is 418 g/mol. The molecule has 0 unspecified atom stereocenters. The Morgan fingerprint density at radius 2 is 1.76 bits per heavy atom. The van der Waals surface area contributed by atoms with Gasteiger partial charge in [-0.2, -0.15) is 4.31 Å². The van der Waals surface area contributed by atoms with E-state index in [9.17, 15) is 13.2 Å². The summed E-state index contributed by atoms with van der Waals surface area (Å²) in [5.41, 5.74) is 2.19. The fourth-order valence-corrected chi connectivity index (χ4v) is 6.17. The van der Waals surface area contributed by atoms with Gasteiger partial charge in [-0.1, -0.05) is 42.5 Å². The normalized spacial score (nSPS) is 21.4. The van der Waals surface area contributed by atoms with Crippen LogP contribution in [0.5, 0.6) is 0 Å². The largest absolute Gasteiger partial charge is 0.465 e. The number of carbonyl (C=O) groups is 1. The number of hydrogen-bond acceptors (Lipinski definition) is 5. The van der Waals surface area contributed by atoms with Crippen molar-refractivity contribution in [2.24, 2.45) is 5.92 Å². The zero-order valence-electron chi connectivity index (χ0n) is 16.9. The van der Waals surface area contributed by atoms with E-state index in [1.165, 1.54) is 7.11 Å². The minimum atomic E-state index is -3.44. The predicted molar refractivity (Wildman–Crippen MR) is 111 cm³/mol. The van der Waals surface area contributed by atoms with Crippen LogP contribution in [-0.4, -0.2) is 45.0 Å². The number of carbonyl (C=O) groups excluding carboxylic acids is 1. The fourth-order valence-electron chi connectivity index (χ4n) is 3.73. The molecule has 3 rings (SSSR count). The lowest BCUT2D eigenvalue weighted by molar-refractivity contribution is 0.0600. The van der Waals surface area contributed by atoms with E-state index in [2.05, 4.69) is 0 Å². The summed E-state index contributed by atoms with van der Waals surface area (Å²) in [4.78, 5) is 11.5. The lowest BCUT2D eigenvalue weighted by Crippen LogP contribution is -2.33. The van der Waals surface area contributed by atoms with Crippen molar-refractivity contribution in [1.82, 2.24) is 4.31 Å². The van der Waals surface area contributed by atoms with Crippen molar-refractivity contribution in [3.8, 4) is 0 Å². The molecule has 1 fully saturated rings. The van der Waals surface area contributed by atoms with E-state index in [1.807, 2.05) is 56.3 Å². The van der Waals surface area contributed by atoms with Crippen molar-refractivity contribution in [3.05, 3.63) is 71.3 Å². The maximum absolute atomic E-state index is 13.1. The number of ether oxygens (including phenoxy) is 2. The number of hydrogen-bond donors (Lipinski definition) is 0. The standard InChI is InChI=1S/C22H27NO5S/c1-16(2)23-13-20(21(29(23,25)26)18-7-5-4-6-8-18)15-28-14-17-9-11-19(12-10-17)22(24)27-3/h4-12,16,20-21H,13-15H2,1-3H3/t20-,21-/m0/s1. The molecule has 2 aromatic rings. The number of rotatable bonds is 7. The second-order valence-corrected chi connectivity index (χ2v) is 9.51. The fraction of sp³-hybridized carbons (Fsp3) is 0.409. The molecule has 0 spiro atoms. The maximum Gasteiger partial charge on any atom is 0.337 e. The van der Waals surface area contributed by atoms with Crippen molar-refractivity contribution < 1.29 is 22.7 Å². The smallest absolute Gasteiger partial charge is 0.337 e. The molecule has 0 aliphatic carbocycles. The van der Waals surface area contributed by atoms with Gasteiger partial charge in [0.1, 0.15) is 5.25 Å². The third-order valence-corrected chi connectivity index (χ3v) is 7.69. The van der Waals surface area contributed by atoms with E-state index < -0.39 is 15.3 Å². The van der Waals surface area contributed by atoms with Gasteiger partial charge in [0, 0.05) is 18.5 Å². The Morgan fingerprint density at radius 3 is 2.34 bits per heavy atom. The monoisotopic (exact) mass is 417 g/mol. The highest BCUT2D eigenvalue weighted by molar-refractivity contribution is 7.89. The van der Waals surface area contributed by atoms with Gasteiger partial charge in [-0.05, 0) is 37.1 Å². The van der Waals surface area contributed by atoms with Gasteiger partial charge >= 0.3 is 5.97 Å². The lowest BCUT2D eigenvalue weighted by Gasteiger charge is -2.20. The molecule has 156 valence electrons. The highest BCUT2D eigenvalue weighted by Gasteiger charge is 2.47. The molecule has 0 N–H and O–H groups in total. The van der Waals surface area contributed by atoms with Gasteiger partial charge in [0.2, 0.25) is 10.0 Å². The number of esters is 1.